The Bertz CT molecular complexity index is 837. The van der Waals surface area contributed by atoms with Crippen LogP contribution in [-0.2, 0) is 10.3 Å². The van der Waals surface area contributed by atoms with Crippen molar-refractivity contribution in [2.75, 3.05) is 13.2 Å². The molecule has 1 N–H and O–H groups in total. The SMILES string of the molecule is O=C(NC1(c2cccs2)CCOCC1)c1cc(-c2ccccc2)on1. The fourth-order valence-electron chi connectivity index (χ4n) is 3.11. The molecular formula is C19H18N2O3S. The molecule has 0 radical (unpaired) electrons. The molecule has 4 rings (SSSR count). The van der Waals surface area contributed by atoms with Crippen molar-refractivity contribution < 1.29 is 14.1 Å². The van der Waals surface area contributed by atoms with Gasteiger partial charge in [0.05, 0.1) is 5.54 Å². The van der Waals surface area contributed by atoms with Gasteiger partial charge in [-0.15, -0.1) is 11.3 Å². The fraction of sp³-hybridized carbons (Fsp3) is 0.263. The van der Waals surface area contributed by atoms with Crippen molar-refractivity contribution >= 4 is 17.2 Å². The number of carbonyl (C=O) groups is 1. The number of carbonyl (C=O) groups excluding carboxylic acids is 1. The summed E-state index contributed by atoms with van der Waals surface area (Å²) in [6.45, 7) is 1.26. The summed E-state index contributed by atoms with van der Waals surface area (Å²) in [5, 5.41) is 9.17. The van der Waals surface area contributed by atoms with Crippen LogP contribution in [-0.4, -0.2) is 24.3 Å². The van der Waals surface area contributed by atoms with E-state index in [1.54, 1.807) is 17.4 Å². The van der Waals surface area contributed by atoms with Crippen molar-refractivity contribution in [3.63, 3.8) is 0 Å². The average molecular weight is 354 g/mol. The minimum atomic E-state index is -0.393. The Morgan fingerprint density at radius 2 is 1.92 bits per heavy atom. The first-order valence-electron chi connectivity index (χ1n) is 8.23. The van der Waals surface area contributed by atoms with Crippen molar-refractivity contribution in [3.05, 3.63) is 64.5 Å². The highest BCUT2D eigenvalue weighted by Crippen LogP contribution is 2.35. The molecule has 5 nitrogen and oxygen atoms in total. The maximum Gasteiger partial charge on any atom is 0.274 e. The zero-order valence-electron chi connectivity index (χ0n) is 13.6. The van der Waals surface area contributed by atoms with Gasteiger partial charge in [-0.25, -0.2) is 0 Å². The molecule has 2 aromatic heterocycles. The van der Waals surface area contributed by atoms with Gasteiger partial charge in [0.1, 0.15) is 0 Å². The molecule has 1 fully saturated rings. The molecule has 0 spiro atoms. The molecule has 6 heteroatoms. The Morgan fingerprint density at radius 3 is 2.64 bits per heavy atom. The van der Waals surface area contributed by atoms with Crippen LogP contribution in [0.5, 0.6) is 0 Å². The van der Waals surface area contributed by atoms with Gasteiger partial charge >= 0.3 is 0 Å². The number of benzene rings is 1. The molecule has 0 bridgehead atoms. The highest BCUT2D eigenvalue weighted by atomic mass is 32.1. The molecule has 1 aliphatic rings. The molecule has 3 aromatic rings. The van der Waals surface area contributed by atoms with Crippen LogP contribution in [0, 0.1) is 0 Å². The predicted octanol–water partition coefficient (Wildman–Crippen LogP) is 3.84. The summed E-state index contributed by atoms with van der Waals surface area (Å²) in [4.78, 5) is 13.9. The number of nitrogens with one attached hydrogen (secondary N) is 1. The highest BCUT2D eigenvalue weighted by Gasteiger charge is 2.37. The van der Waals surface area contributed by atoms with Gasteiger partial charge in [0.2, 0.25) is 0 Å². The van der Waals surface area contributed by atoms with E-state index in [0.29, 0.717) is 24.7 Å². The molecule has 128 valence electrons. The fourth-order valence-corrected chi connectivity index (χ4v) is 4.05. The second kappa shape index (κ2) is 6.82. The lowest BCUT2D eigenvalue weighted by atomic mass is 9.88. The summed E-state index contributed by atoms with van der Waals surface area (Å²) in [5.74, 6) is 0.365. The quantitative estimate of drug-likeness (QED) is 0.773. The van der Waals surface area contributed by atoms with Gasteiger partial charge in [0.25, 0.3) is 5.91 Å². The maximum atomic E-state index is 12.8. The van der Waals surface area contributed by atoms with Gasteiger partial charge in [-0.05, 0) is 24.3 Å². The van der Waals surface area contributed by atoms with Crippen LogP contribution in [0.15, 0.2) is 58.4 Å². The number of aromatic nitrogens is 1. The van der Waals surface area contributed by atoms with Crippen molar-refractivity contribution in [1.82, 2.24) is 10.5 Å². The summed E-state index contributed by atoms with van der Waals surface area (Å²) >= 11 is 1.65. The van der Waals surface area contributed by atoms with Crippen molar-refractivity contribution in [2.24, 2.45) is 0 Å². The van der Waals surface area contributed by atoms with Crippen LogP contribution in [0.25, 0.3) is 11.3 Å². The van der Waals surface area contributed by atoms with Crippen LogP contribution >= 0.6 is 11.3 Å². The van der Waals surface area contributed by atoms with Gasteiger partial charge in [-0.3, -0.25) is 4.79 Å². The first-order valence-corrected chi connectivity index (χ1v) is 9.11. The van der Waals surface area contributed by atoms with E-state index in [1.807, 2.05) is 41.8 Å². The van der Waals surface area contributed by atoms with Gasteiger partial charge in [0, 0.05) is 29.7 Å². The molecule has 25 heavy (non-hydrogen) atoms. The smallest absolute Gasteiger partial charge is 0.274 e. The Hall–Kier alpha value is -2.44. The number of thiophene rings is 1. The zero-order chi connectivity index (χ0) is 17.1. The average Bonchev–Trinajstić information content (AvgIpc) is 3.36. The van der Waals surface area contributed by atoms with E-state index in [-0.39, 0.29) is 5.91 Å². The molecule has 1 aromatic carbocycles. The normalized spacial score (nSPS) is 16.5. The first-order chi connectivity index (χ1) is 12.3. The molecule has 3 heterocycles. The Morgan fingerprint density at radius 1 is 1.12 bits per heavy atom. The Labute approximate surface area is 149 Å². The van der Waals surface area contributed by atoms with Crippen LogP contribution in [0.1, 0.15) is 28.2 Å². The number of amides is 1. The van der Waals surface area contributed by atoms with E-state index in [2.05, 4.69) is 16.5 Å². The van der Waals surface area contributed by atoms with Crippen LogP contribution < -0.4 is 5.32 Å². The highest BCUT2D eigenvalue weighted by molar-refractivity contribution is 7.10. The largest absolute Gasteiger partial charge is 0.381 e. The van der Waals surface area contributed by atoms with Gasteiger partial charge in [0.15, 0.2) is 11.5 Å². The third-order valence-corrected chi connectivity index (χ3v) is 5.57. The predicted molar refractivity (Wildman–Crippen MR) is 95.5 cm³/mol. The lowest BCUT2D eigenvalue weighted by Gasteiger charge is -2.37. The summed E-state index contributed by atoms with van der Waals surface area (Å²) in [5.41, 5.74) is 0.796. The van der Waals surface area contributed by atoms with Crippen LogP contribution in [0.2, 0.25) is 0 Å². The number of ether oxygens (including phenoxy) is 1. The molecular weight excluding hydrogens is 336 g/mol. The van der Waals surface area contributed by atoms with E-state index in [1.165, 1.54) is 0 Å². The lowest BCUT2D eigenvalue weighted by Crippen LogP contribution is -2.49. The number of hydrogen-bond donors (Lipinski definition) is 1. The monoisotopic (exact) mass is 354 g/mol. The maximum absolute atomic E-state index is 12.8. The van der Waals surface area contributed by atoms with E-state index < -0.39 is 5.54 Å². The van der Waals surface area contributed by atoms with Gasteiger partial charge < -0.3 is 14.6 Å². The number of rotatable bonds is 4. The summed E-state index contributed by atoms with van der Waals surface area (Å²) < 4.78 is 10.8. The summed E-state index contributed by atoms with van der Waals surface area (Å²) in [6, 6.07) is 15.4. The van der Waals surface area contributed by atoms with E-state index in [4.69, 9.17) is 9.26 Å². The van der Waals surface area contributed by atoms with Crippen LogP contribution in [0.3, 0.4) is 0 Å². The molecule has 1 amide bonds. The van der Waals surface area contributed by atoms with Crippen molar-refractivity contribution in [2.45, 2.75) is 18.4 Å². The standard InChI is InChI=1S/C19H18N2O3S/c22-18(15-13-16(24-21-15)14-5-2-1-3-6-14)20-19(8-10-23-11-9-19)17-7-4-12-25-17/h1-7,12-13H,8-11H2,(H,20,22). The molecule has 0 atom stereocenters. The third kappa shape index (κ3) is 3.23. The lowest BCUT2D eigenvalue weighted by molar-refractivity contribution is 0.0355. The van der Waals surface area contributed by atoms with E-state index in [9.17, 15) is 4.79 Å². The Kier molecular flexibility index (Phi) is 4.38. The van der Waals surface area contributed by atoms with Crippen LogP contribution in [0.4, 0.5) is 0 Å². The minimum Gasteiger partial charge on any atom is -0.381 e. The molecule has 1 saturated heterocycles. The first kappa shape index (κ1) is 16.1. The zero-order valence-corrected chi connectivity index (χ0v) is 14.4. The Balaban J connectivity index is 1.57. The molecule has 1 aliphatic heterocycles. The van der Waals surface area contributed by atoms with E-state index >= 15 is 0 Å². The molecule has 0 aliphatic carbocycles. The van der Waals surface area contributed by atoms with Gasteiger partial charge in [-0.1, -0.05) is 41.6 Å². The third-order valence-electron chi connectivity index (χ3n) is 4.49. The van der Waals surface area contributed by atoms with Crippen molar-refractivity contribution in [1.29, 1.82) is 0 Å². The number of hydrogen-bond acceptors (Lipinski definition) is 5. The summed E-state index contributed by atoms with van der Waals surface area (Å²) in [6.07, 6.45) is 1.51. The van der Waals surface area contributed by atoms with Crippen molar-refractivity contribution in [3.8, 4) is 11.3 Å². The second-order valence-electron chi connectivity index (χ2n) is 6.07. The molecule has 0 saturated carbocycles. The van der Waals surface area contributed by atoms with E-state index in [0.717, 1.165) is 23.3 Å². The molecule has 0 unspecified atom stereocenters. The van der Waals surface area contributed by atoms with Gasteiger partial charge in [-0.2, -0.15) is 0 Å². The topological polar surface area (TPSA) is 64.4 Å². The number of nitrogens with zero attached hydrogens (tertiary/aromatic N) is 1. The minimum absolute atomic E-state index is 0.221. The summed E-state index contributed by atoms with van der Waals surface area (Å²) in [7, 11) is 0. The second-order valence-corrected chi connectivity index (χ2v) is 7.02.